The van der Waals surface area contributed by atoms with Crippen molar-refractivity contribution >= 4 is 17.8 Å². The molecule has 0 aliphatic carbocycles. The summed E-state index contributed by atoms with van der Waals surface area (Å²) in [6.45, 7) is 0.436. The fraction of sp³-hybridized carbons (Fsp3) is 0.167. The Kier molecular flexibility index (Phi) is 4.94. The minimum Gasteiger partial charge on any atom is -0.334 e. The Morgan fingerprint density at radius 1 is 1.00 bits per heavy atom. The molecule has 4 amide bonds. The van der Waals surface area contributed by atoms with Gasteiger partial charge < -0.3 is 10.6 Å². The number of urea groups is 1. The standard InChI is InChI=1S/C18H18N4O3/c23-16(11-20-18(25)19-10-13-6-2-1-3-7-13)22-12-14-8-4-5-9-15(14)17(24)21-22/h1-9H,10-12H2,(H,21,24)(H2,19,20,25). The van der Waals surface area contributed by atoms with Gasteiger partial charge in [-0.1, -0.05) is 48.5 Å². The van der Waals surface area contributed by atoms with Crippen molar-refractivity contribution in [2.75, 3.05) is 6.54 Å². The first kappa shape index (κ1) is 16.5. The highest BCUT2D eigenvalue weighted by molar-refractivity contribution is 5.98. The van der Waals surface area contributed by atoms with Gasteiger partial charge in [0.1, 0.15) is 6.54 Å². The topological polar surface area (TPSA) is 90.5 Å². The van der Waals surface area contributed by atoms with Crippen LogP contribution in [-0.2, 0) is 17.9 Å². The molecule has 0 fully saturated rings. The summed E-state index contributed by atoms with van der Waals surface area (Å²) in [5.41, 5.74) is 4.82. The van der Waals surface area contributed by atoms with E-state index in [4.69, 9.17) is 0 Å². The number of hydrogen-bond acceptors (Lipinski definition) is 3. The molecule has 2 aromatic carbocycles. The monoisotopic (exact) mass is 338 g/mol. The van der Waals surface area contributed by atoms with E-state index in [1.165, 1.54) is 5.01 Å². The van der Waals surface area contributed by atoms with Gasteiger partial charge in [-0.3, -0.25) is 15.0 Å². The van der Waals surface area contributed by atoms with Gasteiger partial charge in [0, 0.05) is 12.1 Å². The summed E-state index contributed by atoms with van der Waals surface area (Å²) < 4.78 is 0. The van der Waals surface area contributed by atoms with Gasteiger partial charge in [-0.25, -0.2) is 9.80 Å². The number of carbonyl (C=O) groups is 3. The first-order chi connectivity index (χ1) is 12.1. The molecule has 1 aliphatic heterocycles. The summed E-state index contributed by atoms with van der Waals surface area (Å²) in [5, 5.41) is 6.38. The Hall–Kier alpha value is -3.35. The van der Waals surface area contributed by atoms with E-state index in [1.54, 1.807) is 18.2 Å². The molecule has 7 heteroatoms. The molecule has 25 heavy (non-hydrogen) atoms. The summed E-state index contributed by atoms with van der Waals surface area (Å²) in [5.74, 6) is -0.721. The van der Waals surface area contributed by atoms with Crippen LogP contribution in [0, 0.1) is 0 Å². The van der Waals surface area contributed by atoms with Crippen LogP contribution < -0.4 is 16.1 Å². The fourth-order valence-electron chi connectivity index (χ4n) is 2.51. The maximum atomic E-state index is 12.2. The van der Waals surface area contributed by atoms with Crippen LogP contribution in [0.15, 0.2) is 54.6 Å². The van der Waals surface area contributed by atoms with E-state index in [0.717, 1.165) is 11.1 Å². The average molecular weight is 338 g/mol. The molecule has 0 spiro atoms. The number of nitrogens with zero attached hydrogens (tertiary/aromatic N) is 1. The van der Waals surface area contributed by atoms with Crippen LogP contribution in [0.25, 0.3) is 0 Å². The molecule has 0 radical (unpaired) electrons. The zero-order valence-corrected chi connectivity index (χ0v) is 13.5. The normalized spacial score (nSPS) is 12.8. The molecule has 0 saturated heterocycles. The molecule has 0 aromatic heterocycles. The second-order valence-corrected chi connectivity index (χ2v) is 5.60. The predicted molar refractivity (Wildman–Crippen MR) is 91.1 cm³/mol. The third-order valence-corrected chi connectivity index (χ3v) is 3.82. The van der Waals surface area contributed by atoms with Crippen LogP contribution in [0.4, 0.5) is 4.79 Å². The van der Waals surface area contributed by atoms with Crippen molar-refractivity contribution in [2.24, 2.45) is 0 Å². The quantitative estimate of drug-likeness (QED) is 0.782. The molecular weight excluding hydrogens is 320 g/mol. The lowest BCUT2D eigenvalue weighted by atomic mass is 10.1. The van der Waals surface area contributed by atoms with Crippen LogP contribution in [0.3, 0.4) is 0 Å². The number of benzene rings is 2. The second kappa shape index (κ2) is 7.48. The molecule has 0 saturated carbocycles. The van der Waals surface area contributed by atoms with E-state index in [2.05, 4.69) is 16.1 Å². The zero-order chi connectivity index (χ0) is 17.6. The Balaban J connectivity index is 1.48. The molecule has 128 valence electrons. The number of nitrogens with one attached hydrogen (secondary N) is 3. The first-order valence-electron chi connectivity index (χ1n) is 7.88. The van der Waals surface area contributed by atoms with Crippen molar-refractivity contribution in [1.82, 2.24) is 21.1 Å². The van der Waals surface area contributed by atoms with Crippen LogP contribution in [0.2, 0.25) is 0 Å². The number of amides is 4. The van der Waals surface area contributed by atoms with E-state index >= 15 is 0 Å². The third kappa shape index (κ3) is 4.14. The molecule has 0 unspecified atom stereocenters. The molecule has 0 bridgehead atoms. The highest BCUT2D eigenvalue weighted by Gasteiger charge is 2.25. The minimum absolute atomic E-state index is 0.205. The Labute approximate surface area is 145 Å². The minimum atomic E-state index is -0.444. The van der Waals surface area contributed by atoms with Crippen molar-refractivity contribution in [3.8, 4) is 0 Å². The van der Waals surface area contributed by atoms with E-state index in [-0.39, 0.29) is 19.0 Å². The van der Waals surface area contributed by atoms with Crippen LogP contribution in [0.1, 0.15) is 21.5 Å². The number of hydrazine groups is 1. The Bertz CT molecular complexity index is 792. The number of fused-ring (bicyclic) bond motifs is 1. The molecule has 3 N–H and O–H groups in total. The average Bonchev–Trinajstić information content (AvgIpc) is 2.65. The van der Waals surface area contributed by atoms with Crippen molar-refractivity contribution in [3.05, 3.63) is 71.3 Å². The van der Waals surface area contributed by atoms with Crippen molar-refractivity contribution in [2.45, 2.75) is 13.1 Å². The molecule has 1 heterocycles. The summed E-state index contributed by atoms with van der Waals surface area (Å²) in [6, 6.07) is 16.1. The molecule has 2 aromatic rings. The maximum Gasteiger partial charge on any atom is 0.315 e. The van der Waals surface area contributed by atoms with Gasteiger partial charge in [0.05, 0.1) is 6.54 Å². The second-order valence-electron chi connectivity index (χ2n) is 5.60. The Morgan fingerprint density at radius 3 is 2.52 bits per heavy atom. The van der Waals surface area contributed by atoms with Crippen LogP contribution >= 0.6 is 0 Å². The fourth-order valence-corrected chi connectivity index (χ4v) is 2.51. The van der Waals surface area contributed by atoms with Crippen molar-refractivity contribution in [1.29, 1.82) is 0 Å². The highest BCUT2D eigenvalue weighted by atomic mass is 16.2. The molecule has 3 rings (SSSR count). The van der Waals surface area contributed by atoms with Gasteiger partial charge in [-0.15, -0.1) is 0 Å². The maximum absolute atomic E-state index is 12.2. The van der Waals surface area contributed by atoms with E-state index < -0.39 is 11.9 Å². The molecule has 1 aliphatic rings. The summed E-state index contributed by atoms with van der Waals surface area (Å²) >= 11 is 0. The summed E-state index contributed by atoms with van der Waals surface area (Å²) in [4.78, 5) is 36.0. The highest BCUT2D eigenvalue weighted by Crippen LogP contribution is 2.15. The van der Waals surface area contributed by atoms with Gasteiger partial charge >= 0.3 is 6.03 Å². The van der Waals surface area contributed by atoms with Crippen molar-refractivity contribution in [3.63, 3.8) is 0 Å². The molecule has 0 atom stereocenters. The number of rotatable bonds is 4. The summed E-state index contributed by atoms with van der Waals surface area (Å²) in [6.07, 6.45) is 0. The number of carbonyl (C=O) groups excluding carboxylic acids is 3. The first-order valence-corrected chi connectivity index (χ1v) is 7.88. The van der Waals surface area contributed by atoms with Gasteiger partial charge in [-0.2, -0.15) is 0 Å². The Morgan fingerprint density at radius 2 is 1.72 bits per heavy atom. The van der Waals surface area contributed by atoms with Crippen LogP contribution in [0.5, 0.6) is 0 Å². The van der Waals surface area contributed by atoms with Gasteiger partial charge in [0.15, 0.2) is 0 Å². The lowest BCUT2D eigenvalue weighted by Crippen LogP contribution is -2.52. The lowest BCUT2D eigenvalue weighted by molar-refractivity contribution is -0.133. The zero-order valence-electron chi connectivity index (χ0n) is 13.5. The SMILES string of the molecule is O=C(NCC(=O)N1Cc2ccccc2C(=O)N1)NCc1ccccc1. The largest absolute Gasteiger partial charge is 0.334 e. The van der Waals surface area contributed by atoms with Gasteiger partial charge in [0.2, 0.25) is 0 Å². The summed E-state index contributed by atoms with van der Waals surface area (Å²) in [7, 11) is 0. The van der Waals surface area contributed by atoms with E-state index in [0.29, 0.717) is 12.1 Å². The predicted octanol–water partition coefficient (Wildman–Crippen LogP) is 1.17. The van der Waals surface area contributed by atoms with Gasteiger partial charge in [-0.05, 0) is 17.2 Å². The molecule has 7 nitrogen and oxygen atoms in total. The van der Waals surface area contributed by atoms with E-state index in [9.17, 15) is 14.4 Å². The molecular formula is C18H18N4O3. The van der Waals surface area contributed by atoms with E-state index in [1.807, 2.05) is 36.4 Å². The van der Waals surface area contributed by atoms with Gasteiger partial charge in [0.25, 0.3) is 11.8 Å². The lowest BCUT2D eigenvalue weighted by Gasteiger charge is -2.29. The van der Waals surface area contributed by atoms with Crippen molar-refractivity contribution < 1.29 is 14.4 Å². The van der Waals surface area contributed by atoms with Crippen LogP contribution in [-0.4, -0.2) is 29.4 Å². The number of hydrogen-bond donors (Lipinski definition) is 3. The third-order valence-electron chi connectivity index (χ3n) is 3.82. The smallest absolute Gasteiger partial charge is 0.315 e.